The number of carbonyl (C=O) groups excluding carboxylic acids is 2. The van der Waals surface area contributed by atoms with Crippen LogP contribution in [-0.4, -0.2) is 37.4 Å². The quantitative estimate of drug-likeness (QED) is 0.940. The van der Waals surface area contributed by atoms with E-state index in [0.29, 0.717) is 16.8 Å². The smallest absolute Gasteiger partial charge is 0.257 e. The van der Waals surface area contributed by atoms with E-state index in [0.717, 1.165) is 0 Å². The van der Waals surface area contributed by atoms with Crippen molar-refractivity contribution in [2.45, 2.75) is 6.17 Å². The lowest BCUT2D eigenvalue weighted by molar-refractivity contribution is -0.119. The van der Waals surface area contributed by atoms with Crippen LogP contribution in [0.4, 0.5) is 10.1 Å². The first kappa shape index (κ1) is 16.0. The summed E-state index contributed by atoms with van der Waals surface area (Å²) in [5.41, 5.74) is 1.80. The van der Waals surface area contributed by atoms with E-state index in [-0.39, 0.29) is 24.2 Å². The molecule has 0 aromatic heterocycles. The molecule has 2 aromatic rings. The maximum absolute atomic E-state index is 13.7. The molecule has 1 heterocycles. The maximum Gasteiger partial charge on any atom is 0.257 e. The van der Waals surface area contributed by atoms with Gasteiger partial charge in [0.1, 0.15) is 12.0 Å². The minimum absolute atomic E-state index is 0.0618. The minimum atomic E-state index is -0.555. The second-order valence-electron chi connectivity index (χ2n) is 5.66. The highest BCUT2D eigenvalue weighted by Crippen LogP contribution is 2.37. The van der Waals surface area contributed by atoms with Crippen LogP contribution >= 0.6 is 0 Å². The molecule has 0 fully saturated rings. The highest BCUT2D eigenvalue weighted by molar-refractivity contribution is 6.02. The van der Waals surface area contributed by atoms with Gasteiger partial charge in [-0.3, -0.25) is 9.59 Å². The van der Waals surface area contributed by atoms with Crippen LogP contribution in [0, 0.1) is 5.82 Å². The Labute approximate surface area is 139 Å². The summed E-state index contributed by atoms with van der Waals surface area (Å²) in [6.07, 6.45) is -0.555. The number of hydrogen-bond acceptors (Lipinski definition) is 3. The predicted molar refractivity (Wildman–Crippen MR) is 89.1 cm³/mol. The molecule has 1 aliphatic heterocycles. The zero-order chi connectivity index (χ0) is 17.3. The Hall–Kier alpha value is -2.89. The van der Waals surface area contributed by atoms with Crippen molar-refractivity contribution in [3.05, 3.63) is 65.5 Å². The average Bonchev–Trinajstić information content (AvgIpc) is 2.59. The second-order valence-corrected chi connectivity index (χ2v) is 5.66. The lowest BCUT2D eigenvalue weighted by atomic mass is 10.0. The Balaban J connectivity index is 2.14. The van der Waals surface area contributed by atoms with E-state index < -0.39 is 6.17 Å². The third-order valence-electron chi connectivity index (χ3n) is 4.17. The van der Waals surface area contributed by atoms with Crippen LogP contribution in [0.1, 0.15) is 22.1 Å². The van der Waals surface area contributed by atoms with E-state index in [9.17, 15) is 14.0 Å². The normalized spacial score (nSPS) is 16.8. The van der Waals surface area contributed by atoms with Crippen molar-refractivity contribution in [3.63, 3.8) is 0 Å². The van der Waals surface area contributed by atoms with Gasteiger partial charge in [0.05, 0.1) is 17.8 Å². The maximum atomic E-state index is 13.7. The summed E-state index contributed by atoms with van der Waals surface area (Å²) in [6, 6.07) is 13.2. The fraction of sp³-hybridized carbons (Fsp3) is 0.222. The molecule has 2 amide bonds. The van der Waals surface area contributed by atoms with Crippen LogP contribution in [0.5, 0.6) is 0 Å². The number of halogens is 1. The molecule has 1 atom stereocenters. The molecule has 0 spiro atoms. The zero-order valence-corrected chi connectivity index (χ0v) is 13.5. The van der Waals surface area contributed by atoms with Gasteiger partial charge >= 0.3 is 0 Å². The molecule has 1 aliphatic rings. The lowest BCUT2D eigenvalue weighted by Crippen LogP contribution is -2.50. The Morgan fingerprint density at radius 1 is 1.21 bits per heavy atom. The highest BCUT2D eigenvalue weighted by atomic mass is 19.1. The molecule has 6 heteroatoms. The summed E-state index contributed by atoms with van der Waals surface area (Å²) < 4.78 is 13.7. The molecule has 124 valence electrons. The van der Waals surface area contributed by atoms with Crippen LogP contribution < -0.4 is 10.2 Å². The number of rotatable bonds is 3. The van der Waals surface area contributed by atoms with Crippen LogP contribution in [0.15, 0.2) is 48.5 Å². The third-order valence-corrected chi connectivity index (χ3v) is 4.17. The number of benzene rings is 2. The van der Waals surface area contributed by atoms with Gasteiger partial charge in [0, 0.05) is 14.1 Å². The lowest BCUT2D eigenvalue weighted by Gasteiger charge is -2.43. The number of amides is 2. The fourth-order valence-corrected chi connectivity index (χ4v) is 3.02. The molecule has 0 saturated heterocycles. The summed E-state index contributed by atoms with van der Waals surface area (Å²) >= 11 is 0. The topological polar surface area (TPSA) is 52.7 Å². The number of para-hydroxylation sites is 1. The Morgan fingerprint density at radius 2 is 1.96 bits per heavy atom. The van der Waals surface area contributed by atoms with Gasteiger partial charge in [0.15, 0.2) is 0 Å². The van der Waals surface area contributed by atoms with Gasteiger partial charge in [-0.1, -0.05) is 24.3 Å². The summed E-state index contributed by atoms with van der Waals surface area (Å²) in [5.74, 6) is -0.728. The number of hydrogen-bond donors (Lipinski definition) is 1. The molecule has 5 nitrogen and oxygen atoms in total. The molecule has 0 aliphatic carbocycles. The standard InChI is InChI=1S/C18H18FN3O2/c1-20-16(23)11-22-15-9-4-3-8-14(15)18(24)21(2)17(22)12-6-5-7-13(19)10-12/h3-10,17H,11H2,1-2H3,(H,20,23)/t17-/m1/s1. The Bertz CT molecular complexity index is 793. The Kier molecular flexibility index (Phi) is 4.20. The summed E-state index contributed by atoms with van der Waals surface area (Å²) in [7, 11) is 3.22. The van der Waals surface area contributed by atoms with Gasteiger partial charge < -0.3 is 15.1 Å². The number of fused-ring (bicyclic) bond motifs is 1. The predicted octanol–water partition coefficient (Wildman–Crippen LogP) is 2.16. The SMILES string of the molecule is CNC(=O)CN1c2ccccc2C(=O)N(C)[C@H]1c1cccc(F)c1. The van der Waals surface area contributed by atoms with Crippen molar-refractivity contribution in [2.75, 3.05) is 25.5 Å². The average molecular weight is 327 g/mol. The van der Waals surface area contributed by atoms with Crippen molar-refractivity contribution in [1.82, 2.24) is 10.2 Å². The van der Waals surface area contributed by atoms with Gasteiger partial charge in [-0.25, -0.2) is 4.39 Å². The van der Waals surface area contributed by atoms with E-state index in [1.165, 1.54) is 17.0 Å². The minimum Gasteiger partial charge on any atom is -0.358 e. The fourth-order valence-electron chi connectivity index (χ4n) is 3.02. The van der Waals surface area contributed by atoms with E-state index in [2.05, 4.69) is 5.32 Å². The number of carbonyl (C=O) groups is 2. The number of anilines is 1. The molecule has 24 heavy (non-hydrogen) atoms. The largest absolute Gasteiger partial charge is 0.358 e. The van der Waals surface area contributed by atoms with Crippen LogP contribution in [0.3, 0.4) is 0 Å². The highest BCUT2D eigenvalue weighted by Gasteiger charge is 2.37. The summed E-state index contributed by atoms with van der Waals surface area (Å²) in [6.45, 7) is 0.0618. The van der Waals surface area contributed by atoms with Gasteiger partial charge in [0.2, 0.25) is 5.91 Å². The molecular formula is C18H18FN3O2. The molecule has 0 bridgehead atoms. The van der Waals surface area contributed by atoms with Gasteiger partial charge in [0.25, 0.3) is 5.91 Å². The first-order valence-corrected chi connectivity index (χ1v) is 7.62. The molecule has 0 radical (unpaired) electrons. The second kappa shape index (κ2) is 6.31. The molecule has 3 rings (SSSR count). The van der Waals surface area contributed by atoms with Gasteiger partial charge in [-0.15, -0.1) is 0 Å². The van der Waals surface area contributed by atoms with Gasteiger partial charge in [-0.2, -0.15) is 0 Å². The first-order chi connectivity index (χ1) is 11.5. The number of nitrogens with one attached hydrogen (secondary N) is 1. The van der Waals surface area contributed by atoms with Crippen molar-refractivity contribution in [1.29, 1.82) is 0 Å². The summed E-state index contributed by atoms with van der Waals surface area (Å²) in [4.78, 5) is 28.0. The first-order valence-electron chi connectivity index (χ1n) is 7.62. The van der Waals surface area contributed by atoms with Crippen molar-refractivity contribution in [2.24, 2.45) is 0 Å². The van der Waals surface area contributed by atoms with E-state index in [4.69, 9.17) is 0 Å². The molecular weight excluding hydrogens is 309 g/mol. The van der Waals surface area contributed by atoms with Crippen LogP contribution in [-0.2, 0) is 4.79 Å². The van der Waals surface area contributed by atoms with Crippen molar-refractivity contribution < 1.29 is 14.0 Å². The van der Waals surface area contributed by atoms with Crippen molar-refractivity contribution in [3.8, 4) is 0 Å². The molecule has 0 saturated carbocycles. The van der Waals surface area contributed by atoms with E-state index >= 15 is 0 Å². The molecule has 1 N–H and O–H groups in total. The van der Waals surface area contributed by atoms with E-state index in [1.807, 2.05) is 11.0 Å². The zero-order valence-electron chi connectivity index (χ0n) is 13.5. The number of likely N-dealkylation sites (N-methyl/N-ethyl adjacent to an activating group) is 1. The molecule has 2 aromatic carbocycles. The van der Waals surface area contributed by atoms with Crippen molar-refractivity contribution >= 4 is 17.5 Å². The Morgan fingerprint density at radius 3 is 2.67 bits per heavy atom. The third kappa shape index (κ3) is 2.71. The number of nitrogens with zero attached hydrogens (tertiary/aromatic N) is 2. The van der Waals surface area contributed by atoms with Crippen LogP contribution in [0.25, 0.3) is 0 Å². The van der Waals surface area contributed by atoms with Crippen LogP contribution in [0.2, 0.25) is 0 Å². The monoisotopic (exact) mass is 327 g/mol. The van der Waals surface area contributed by atoms with Gasteiger partial charge in [-0.05, 0) is 29.8 Å². The van der Waals surface area contributed by atoms with E-state index in [1.54, 1.807) is 44.4 Å². The molecule has 0 unspecified atom stereocenters. The summed E-state index contributed by atoms with van der Waals surface area (Å²) in [5, 5.41) is 2.59.